The molecule has 0 aliphatic carbocycles. The van der Waals surface area contributed by atoms with Gasteiger partial charge >= 0.3 is 0 Å². The van der Waals surface area contributed by atoms with Crippen LogP contribution in [0.4, 0.5) is 5.69 Å². The molecule has 0 aromatic heterocycles. The van der Waals surface area contributed by atoms with Crippen LogP contribution in [0.2, 0.25) is 5.02 Å². The molecule has 0 saturated carbocycles. The van der Waals surface area contributed by atoms with E-state index in [-0.39, 0.29) is 18.1 Å². The van der Waals surface area contributed by atoms with Crippen molar-refractivity contribution in [1.29, 1.82) is 0 Å². The number of ether oxygens (including phenoxy) is 1. The predicted octanol–water partition coefficient (Wildman–Crippen LogP) is 3.46. The fourth-order valence-corrected chi connectivity index (χ4v) is 4.45. The van der Waals surface area contributed by atoms with Crippen molar-refractivity contribution in [3.8, 4) is 0 Å². The van der Waals surface area contributed by atoms with Crippen LogP contribution >= 0.6 is 23.8 Å². The van der Waals surface area contributed by atoms with Crippen molar-refractivity contribution in [3.63, 3.8) is 0 Å². The van der Waals surface area contributed by atoms with Crippen LogP contribution in [0.5, 0.6) is 0 Å². The molecule has 0 bridgehead atoms. The zero-order chi connectivity index (χ0) is 22.1. The van der Waals surface area contributed by atoms with Crippen LogP contribution < -0.4 is 10.2 Å². The average Bonchev–Trinajstić information content (AvgIpc) is 2.84. The lowest BCUT2D eigenvalue weighted by Gasteiger charge is -2.37. The van der Waals surface area contributed by atoms with E-state index in [1.165, 1.54) is 0 Å². The maximum absolute atomic E-state index is 13.3. The molecule has 0 radical (unpaired) electrons. The Kier molecular flexibility index (Phi) is 6.27. The molecule has 4 rings (SSSR count). The number of anilines is 1. The summed E-state index contributed by atoms with van der Waals surface area (Å²) in [6.07, 6.45) is -0.732. The number of aliphatic imine (C=N–C) groups is 1. The first-order chi connectivity index (χ1) is 14.8. The van der Waals surface area contributed by atoms with E-state index in [2.05, 4.69) is 5.32 Å². The summed E-state index contributed by atoms with van der Waals surface area (Å²) in [5.74, 6) is -0.189. The molecule has 2 aromatic rings. The Morgan fingerprint density at radius 3 is 2.52 bits per heavy atom. The number of hydrogen-bond acceptors (Lipinski definition) is 4. The molecule has 1 N–H and O–H groups in total. The van der Waals surface area contributed by atoms with Gasteiger partial charge in [-0.1, -0.05) is 41.9 Å². The quantitative estimate of drug-likeness (QED) is 0.701. The average molecular weight is 457 g/mol. The molecule has 0 spiro atoms. The molecule has 1 saturated heterocycles. The summed E-state index contributed by atoms with van der Waals surface area (Å²) in [5.41, 5.74) is 3.15. The molecule has 2 aliphatic heterocycles. The van der Waals surface area contributed by atoms with Gasteiger partial charge in [-0.2, -0.15) is 0 Å². The van der Waals surface area contributed by atoms with Gasteiger partial charge < -0.3 is 19.9 Å². The van der Waals surface area contributed by atoms with Crippen molar-refractivity contribution in [3.05, 3.63) is 64.7 Å². The van der Waals surface area contributed by atoms with Crippen LogP contribution in [0.1, 0.15) is 25.0 Å². The van der Waals surface area contributed by atoms with Crippen molar-refractivity contribution >= 4 is 46.2 Å². The Morgan fingerprint density at radius 1 is 1.16 bits per heavy atom. The number of carbonyl (C=O) groups is 1. The fraction of sp³-hybridized carbons (Fsp3) is 0.348. The van der Waals surface area contributed by atoms with Gasteiger partial charge in [0.1, 0.15) is 0 Å². The van der Waals surface area contributed by atoms with E-state index in [4.69, 9.17) is 33.5 Å². The largest absolute Gasteiger partial charge is 0.372 e. The third-order valence-corrected chi connectivity index (χ3v) is 6.02. The minimum Gasteiger partial charge on any atom is -0.372 e. The zero-order valence-electron chi connectivity index (χ0n) is 17.7. The highest BCUT2D eigenvalue weighted by molar-refractivity contribution is 7.80. The summed E-state index contributed by atoms with van der Waals surface area (Å²) in [6.45, 7) is 5.36. The number of morpholine rings is 1. The normalized spacial score (nSPS) is 23.7. The van der Waals surface area contributed by atoms with Crippen LogP contribution in [0.3, 0.4) is 0 Å². The van der Waals surface area contributed by atoms with Crippen LogP contribution in [0.25, 0.3) is 0 Å². The SMILES string of the molecule is CC1CN(C(=S)NC2N=C(c3ccccc3)c3cc(Cl)ccc3N(C)C2=O)CC(C)O1. The van der Waals surface area contributed by atoms with Gasteiger partial charge in [-0.25, -0.2) is 4.99 Å². The smallest absolute Gasteiger partial charge is 0.272 e. The predicted molar refractivity (Wildman–Crippen MR) is 128 cm³/mol. The second-order valence-corrected chi connectivity index (χ2v) is 8.74. The number of halogens is 1. The maximum Gasteiger partial charge on any atom is 0.272 e. The molecule has 1 fully saturated rings. The van der Waals surface area contributed by atoms with Crippen molar-refractivity contribution in [2.75, 3.05) is 25.0 Å². The van der Waals surface area contributed by atoms with Crippen molar-refractivity contribution in [1.82, 2.24) is 10.2 Å². The lowest BCUT2D eigenvalue weighted by atomic mass is 10.0. The molecule has 3 atom stereocenters. The van der Waals surface area contributed by atoms with Gasteiger partial charge in [0, 0.05) is 36.3 Å². The Hall–Kier alpha value is -2.48. The highest BCUT2D eigenvalue weighted by Crippen LogP contribution is 2.30. The van der Waals surface area contributed by atoms with Crippen LogP contribution in [-0.2, 0) is 9.53 Å². The summed E-state index contributed by atoms with van der Waals surface area (Å²) in [5, 5.41) is 4.27. The number of benzene rings is 2. The molecule has 1 amide bonds. The second kappa shape index (κ2) is 8.94. The van der Waals surface area contributed by atoms with Crippen LogP contribution in [0.15, 0.2) is 53.5 Å². The first kappa shape index (κ1) is 21.7. The van der Waals surface area contributed by atoms with Crippen molar-refractivity contribution < 1.29 is 9.53 Å². The molecule has 162 valence electrons. The first-order valence-corrected chi connectivity index (χ1v) is 11.0. The van der Waals surface area contributed by atoms with Gasteiger partial charge in [0.15, 0.2) is 5.11 Å². The fourth-order valence-electron chi connectivity index (χ4n) is 4.02. The van der Waals surface area contributed by atoms with E-state index in [0.717, 1.165) is 16.8 Å². The lowest BCUT2D eigenvalue weighted by Crippen LogP contribution is -2.55. The highest BCUT2D eigenvalue weighted by Gasteiger charge is 2.32. The van der Waals surface area contributed by atoms with E-state index in [0.29, 0.717) is 28.9 Å². The Labute approximate surface area is 192 Å². The molecular formula is C23H25ClN4O2S. The summed E-state index contributed by atoms with van der Waals surface area (Å²) >= 11 is 12.0. The summed E-state index contributed by atoms with van der Waals surface area (Å²) in [6, 6.07) is 15.3. The number of amides is 1. The Morgan fingerprint density at radius 2 is 1.84 bits per heavy atom. The summed E-state index contributed by atoms with van der Waals surface area (Å²) < 4.78 is 5.80. The number of hydrogen-bond donors (Lipinski definition) is 1. The molecule has 8 heteroatoms. The molecular weight excluding hydrogens is 432 g/mol. The van der Waals surface area contributed by atoms with Gasteiger partial charge in [0.05, 0.1) is 23.6 Å². The number of fused-ring (bicyclic) bond motifs is 1. The van der Waals surface area contributed by atoms with Crippen molar-refractivity contribution in [2.45, 2.75) is 32.2 Å². The minimum atomic E-state index is -0.854. The van der Waals surface area contributed by atoms with Crippen LogP contribution in [-0.4, -0.2) is 60.1 Å². The van der Waals surface area contributed by atoms with Crippen molar-refractivity contribution in [2.24, 2.45) is 4.99 Å². The first-order valence-electron chi connectivity index (χ1n) is 10.2. The highest BCUT2D eigenvalue weighted by atomic mass is 35.5. The van der Waals surface area contributed by atoms with E-state index in [9.17, 15) is 4.79 Å². The molecule has 2 aliphatic rings. The molecule has 6 nitrogen and oxygen atoms in total. The standard InChI is InChI=1S/C23H25ClN4O2S/c1-14-12-28(13-15(2)30-14)23(31)26-21-22(29)27(3)19-10-9-17(24)11-18(19)20(25-21)16-7-5-4-6-8-16/h4-11,14-15,21H,12-13H2,1-3H3,(H,26,31). The van der Waals surface area contributed by atoms with Crippen LogP contribution in [0, 0.1) is 0 Å². The number of rotatable bonds is 2. The maximum atomic E-state index is 13.3. The summed E-state index contributed by atoms with van der Waals surface area (Å²) in [7, 11) is 1.75. The lowest BCUT2D eigenvalue weighted by molar-refractivity contribution is -0.119. The number of nitrogens with one attached hydrogen (secondary N) is 1. The minimum absolute atomic E-state index is 0.0609. The topological polar surface area (TPSA) is 57.2 Å². The molecule has 2 heterocycles. The van der Waals surface area contributed by atoms with E-state index < -0.39 is 6.17 Å². The van der Waals surface area contributed by atoms with E-state index in [1.54, 1.807) is 18.0 Å². The third-order valence-electron chi connectivity index (χ3n) is 5.41. The van der Waals surface area contributed by atoms with Gasteiger partial charge in [-0.05, 0) is 44.3 Å². The number of thiocarbonyl (C=S) groups is 1. The number of benzodiazepines with no additional fused rings is 1. The second-order valence-electron chi connectivity index (χ2n) is 7.92. The summed E-state index contributed by atoms with van der Waals surface area (Å²) in [4.78, 5) is 21.8. The monoisotopic (exact) mass is 456 g/mol. The Bertz CT molecular complexity index is 1020. The van der Waals surface area contributed by atoms with Gasteiger partial charge in [-0.15, -0.1) is 0 Å². The number of carbonyl (C=O) groups excluding carboxylic acids is 1. The van der Waals surface area contributed by atoms with Gasteiger partial charge in [0.25, 0.3) is 5.91 Å². The van der Waals surface area contributed by atoms with Gasteiger partial charge in [-0.3, -0.25) is 4.79 Å². The molecule has 3 unspecified atom stereocenters. The van der Waals surface area contributed by atoms with E-state index in [1.807, 2.05) is 61.2 Å². The van der Waals surface area contributed by atoms with Gasteiger partial charge in [0.2, 0.25) is 6.17 Å². The molecule has 31 heavy (non-hydrogen) atoms. The Balaban J connectivity index is 1.72. The molecule has 2 aromatic carbocycles. The number of nitrogens with zero attached hydrogens (tertiary/aromatic N) is 3. The number of likely N-dealkylation sites (N-methyl/N-ethyl adjacent to an activating group) is 1. The zero-order valence-corrected chi connectivity index (χ0v) is 19.3. The van der Waals surface area contributed by atoms with E-state index >= 15 is 0 Å². The third kappa shape index (κ3) is 4.59.